The largest absolute Gasteiger partial charge is 0.374 e. The number of nitrogens with one attached hydrogen (secondary N) is 1. The van der Waals surface area contributed by atoms with Gasteiger partial charge in [-0.1, -0.05) is 37.3 Å². The molecular weight excluding hydrogens is 300 g/mol. The van der Waals surface area contributed by atoms with Gasteiger partial charge in [-0.25, -0.2) is 0 Å². The van der Waals surface area contributed by atoms with Gasteiger partial charge in [-0.3, -0.25) is 4.79 Å². The molecule has 4 nitrogen and oxygen atoms in total. The number of nitrogens with zero attached hydrogens (tertiary/aromatic N) is 1. The van der Waals surface area contributed by atoms with Crippen molar-refractivity contribution in [2.45, 2.75) is 45.3 Å². The van der Waals surface area contributed by atoms with E-state index in [9.17, 15) is 4.79 Å². The quantitative estimate of drug-likeness (QED) is 0.923. The number of ether oxygens (including phenoxy) is 1. The maximum absolute atomic E-state index is 13.0. The lowest BCUT2D eigenvalue weighted by atomic mass is 9.85. The van der Waals surface area contributed by atoms with Gasteiger partial charge in [0.05, 0.1) is 18.8 Å². The van der Waals surface area contributed by atoms with Crippen molar-refractivity contribution in [3.63, 3.8) is 0 Å². The van der Waals surface area contributed by atoms with Crippen LogP contribution in [0.1, 0.15) is 44.7 Å². The van der Waals surface area contributed by atoms with Crippen LogP contribution < -0.4 is 5.32 Å². The fourth-order valence-corrected chi connectivity index (χ4v) is 3.95. The standard InChI is InChI=1S/C20H30N2O2/c1-15(18-9-6-10-21-12-18)11-20(23)22-13-16(2)24-14-19(22)17-7-4-3-5-8-17/h3-5,7-8,15-16,18-19,21H,6,9-14H2,1-2H3. The molecule has 0 spiro atoms. The second-order valence-electron chi connectivity index (χ2n) is 7.40. The molecule has 1 aromatic rings. The monoisotopic (exact) mass is 330 g/mol. The number of morpholine rings is 1. The first-order valence-electron chi connectivity index (χ1n) is 9.32. The molecule has 1 aromatic carbocycles. The Balaban J connectivity index is 1.67. The molecule has 0 saturated carbocycles. The number of hydrogen-bond acceptors (Lipinski definition) is 3. The Bertz CT molecular complexity index is 528. The zero-order valence-corrected chi connectivity index (χ0v) is 14.9. The third-order valence-electron chi connectivity index (χ3n) is 5.51. The van der Waals surface area contributed by atoms with Gasteiger partial charge in [-0.05, 0) is 50.3 Å². The number of carbonyl (C=O) groups excluding carboxylic acids is 1. The molecule has 3 rings (SSSR count). The Morgan fingerprint density at radius 1 is 1.38 bits per heavy atom. The van der Waals surface area contributed by atoms with Crippen molar-refractivity contribution in [2.75, 3.05) is 26.2 Å². The van der Waals surface area contributed by atoms with E-state index in [1.165, 1.54) is 18.4 Å². The summed E-state index contributed by atoms with van der Waals surface area (Å²) in [6.45, 7) is 7.74. The number of rotatable bonds is 4. The van der Waals surface area contributed by atoms with E-state index in [1.807, 2.05) is 18.2 Å². The zero-order valence-electron chi connectivity index (χ0n) is 14.9. The van der Waals surface area contributed by atoms with Crippen molar-refractivity contribution in [3.8, 4) is 0 Å². The Morgan fingerprint density at radius 2 is 2.17 bits per heavy atom. The Hall–Kier alpha value is -1.39. The molecule has 4 atom stereocenters. The summed E-state index contributed by atoms with van der Waals surface area (Å²) in [6.07, 6.45) is 3.22. The van der Waals surface area contributed by atoms with Gasteiger partial charge in [-0.15, -0.1) is 0 Å². The lowest BCUT2D eigenvalue weighted by molar-refractivity contribution is -0.146. The first kappa shape index (κ1) is 17.4. The van der Waals surface area contributed by atoms with Crippen LogP contribution in [0.15, 0.2) is 30.3 Å². The third kappa shape index (κ3) is 4.17. The van der Waals surface area contributed by atoms with Crippen LogP contribution in [0.25, 0.3) is 0 Å². The zero-order chi connectivity index (χ0) is 16.9. The molecular formula is C20H30N2O2. The third-order valence-corrected chi connectivity index (χ3v) is 5.51. The molecule has 24 heavy (non-hydrogen) atoms. The average Bonchev–Trinajstić information content (AvgIpc) is 2.63. The number of piperidine rings is 1. The molecule has 2 aliphatic rings. The molecule has 0 bridgehead atoms. The number of carbonyl (C=O) groups is 1. The minimum Gasteiger partial charge on any atom is -0.374 e. The summed E-state index contributed by atoms with van der Waals surface area (Å²) >= 11 is 0. The van der Waals surface area contributed by atoms with Gasteiger partial charge < -0.3 is 15.0 Å². The Morgan fingerprint density at radius 3 is 2.88 bits per heavy atom. The fourth-order valence-electron chi connectivity index (χ4n) is 3.95. The first-order chi connectivity index (χ1) is 11.6. The van der Waals surface area contributed by atoms with Gasteiger partial charge in [0.1, 0.15) is 0 Å². The SMILES string of the molecule is CC1CN(C(=O)CC(C)C2CCCNC2)C(c2ccccc2)CO1. The molecule has 0 aliphatic carbocycles. The van der Waals surface area contributed by atoms with E-state index < -0.39 is 0 Å². The number of amides is 1. The first-order valence-corrected chi connectivity index (χ1v) is 9.32. The Labute approximate surface area is 145 Å². The predicted octanol–water partition coefficient (Wildman–Crippen LogP) is 3.00. The van der Waals surface area contributed by atoms with Crippen LogP contribution in [0.5, 0.6) is 0 Å². The number of hydrogen-bond donors (Lipinski definition) is 1. The summed E-state index contributed by atoms with van der Waals surface area (Å²) in [5.41, 5.74) is 1.17. The molecule has 2 heterocycles. The van der Waals surface area contributed by atoms with Crippen molar-refractivity contribution < 1.29 is 9.53 Å². The van der Waals surface area contributed by atoms with Crippen LogP contribution >= 0.6 is 0 Å². The Kier molecular flexibility index (Phi) is 5.90. The highest BCUT2D eigenvalue weighted by Gasteiger charge is 2.33. The second kappa shape index (κ2) is 8.13. The molecule has 4 unspecified atom stereocenters. The van der Waals surface area contributed by atoms with Gasteiger partial charge >= 0.3 is 0 Å². The van der Waals surface area contributed by atoms with Gasteiger partial charge in [0.15, 0.2) is 0 Å². The predicted molar refractivity (Wildman–Crippen MR) is 95.7 cm³/mol. The van der Waals surface area contributed by atoms with E-state index in [4.69, 9.17) is 4.74 Å². The van der Waals surface area contributed by atoms with E-state index in [0.717, 1.165) is 13.1 Å². The summed E-state index contributed by atoms with van der Waals surface area (Å²) in [5.74, 6) is 1.33. The summed E-state index contributed by atoms with van der Waals surface area (Å²) < 4.78 is 5.84. The molecule has 132 valence electrons. The van der Waals surface area contributed by atoms with E-state index in [2.05, 4.69) is 36.2 Å². The van der Waals surface area contributed by atoms with E-state index in [-0.39, 0.29) is 18.1 Å². The van der Waals surface area contributed by atoms with E-state index in [0.29, 0.717) is 31.4 Å². The maximum Gasteiger partial charge on any atom is 0.223 e. The summed E-state index contributed by atoms with van der Waals surface area (Å²) in [5, 5.41) is 3.47. The van der Waals surface area contributed by atoms with E-state index >= 15 is 0 Å². The maximum atomic E-state index is 13.0. The topological polar surface area (TPSA) is 41.6 Å². The average molecular weight is 330 g/mol. The highest BCUT2D eigenvalue weighted by Crippen LogP contribution is 2.29. The second-order valence-corrected chi connectivity index (χ2v) is 7.40. The van der Waals surface area contributed by atoms with Crippen molar-refractivity contribution in [1.82, 2.24) is 10.2 Å². The highest BCUT2D eigenvalue weighted by atomic mass is 16.5. The molecule has 2 saturated heterocycles. The highest BCUT2D eigenvalue weighted by molar-refractivity contribution is 5.77. The van der Waals surface area contributed by atoms with Crippen LogP contribution in [0.3, 0.4) is 0 Å². The lowest BCUT2D eigenvalue weighted by Gasteiger charge is -2.40. The van der Waals surface area contributed by atoms with Gasteiger partial charge in [-0.2, -0.15) is 0 Å². The van der Waals surface area contributed by atoms with E-state index in [1.54, 1.807) is 0 Å². The van der Waals surface area contributed by atoms with Gasteiger partial charge in [0, 0.05) is 13.0 Å². The lowest BCUT2D eigenvalue weighted by Crippen LogP contribution is -2.47. The van der Waals surface area contributed by atoms with Crippen LogP contribution in [0, 0.1) is 11.8 Å². The smallest absolute Gasteiger partial charge is 0.223 e. The molecule has 1 amide bonds. The van der Waals surface area contributed by atoms with Crippen molar-refractivity contribution in [2.24, 2.45) is 11.8 Å². The molecule has 1 N–H and O–H groups in total. The summed E-state index contributed by atoms with van der Waals surface area (Å²) in [6, 6.07) is 10.3. The molecule has 0 radical (unpaired) electrons. The van der Waals surface area contributed by atoms with Crippen LogP contribution in [-0.4, -0.2) is 43.2 Å². The number of benzene rings is 1. The van der Waals surface area contributed by atoms with Crippen molar-refractivity contribution in [3.05, 3.63) is 35.9 Å². The van der Waals surface area contributed by atoms with Gasteiger partial charge in [0.2, 0.25) is 5.91 Å². The minimum atomic E-state index is 0.0478. The normalized spacial score (nSPS) is 29.2. The van der Waals surface area contributed by atoms with Gasteiger partial charge in [0.25, 0.3) is 0 Å². The van der Waals surface area contributed by atoms with Crippen LogP contribution in [-0.2, 0) is 9.53 Å². The summed E-state index contributed by atoms with van der Waals surface area (Å²) in [4.78, 5) is 15.1. The minimum absolute atomic E-state index is 0.0478. The van der Waals surface area contributed by atoms with Crippen molar-refractivity contribution in [1.29, 1.82) is 0 Å². The molecule has 0 aromatic heterocycles. The van der Waals surface area contributed by atoms with Crippen LogP contribution in [0.2, 0.25) is 0 Å². The molecule has 4 heteroatoms. The summed E-state index contributed by atoms with van der Waals surface area (Å²) in [7, 11) is 0. The van der Waals surface area contributed by atoms with Crippen molar-refractivity contribution >= 4 is 5.91 Å². The molecule has 2 fully saturated rings. The fraction of sp³-hybridized carbons (Fsp3) is 0.650. The molecule has 2 aliphatic heterocycles. The van der Waals surface area contributed by atoms with Crippen LogP contribution in [0.4, 0.5) is 0 Å².